The first-order chi connectivity index (χ1) is 20.3. The summed E-state index contributed by atoms with van der Waals surface area (Å²) in [5, 5.41) is 38.7. The second kappa shape index (κ2) is 11.4. The third-order valence-electron chi connectivity index (χ3n) is 11.0. The molecule has 1 amide bonds. The maximum absolute atomic E-state index is 12.6. The molecule has 0 heterocycles. The van der Waals surface area contributed by atoms with E-state index in [0.717, 1.165) is 50.7 Å². The number of benzene rings is 1. The molecule has 0 aliphatic heterocycles. The van der Waals surface area contributed by atoms with Crippen molar-refractivity contribution >= 4 is 23.3 Å². The number of hydrogen-bond donors (Lipinski definition) is 3. The summed E-state index contributed by atoms with van der Waals surface area (Å²) in [6.45, 7) is 6.18. The highest BCUT2D eigenvalue weighted by Gasteiger charge is 2.62. The average molecular weight is 596 g/mol. The van der Waals surface area contributed by atoms with Gasteiger partial charge in [0, 0.05) is 17.9 Å². The molecule has 0 bridgehead atoms. The second-order valence-electron chi connectivity index (χ2n) is 13.2. The molecule has 3 N–H and O–H groups in total. The lowest BCUT2D eigenvalue weighted by Crippen LogP contribution is -2.53. The number of fused-ring (bicyclic) bond motifs is 5. The smallest absolute Gasteiger partial charge is 0.328 e. The van der Waals surface area contributed by atoms with Gasteiger partial charge in [0.25, 0.3) is 5.91 Å². The van der Waals surface area contributed by atoms with E-state index in [1.54, 1.807) is 0 Å². The summed E-state index contributed by atoms with van der Waals surface area (Å²) in [6, 6.07) is 2.62. The zero-order valence-corrected chi connectivity index (χ0v) is 25.2. The van der Waals surface area contributed by atoms with Crippen LogP contribution in [0.5, 0.6) is 5.75 Å². The number of carbonyl (C=O) groups is 2. The lowest BCUT2D eigenvalue weighted by Gasteiger charge is -2.58. The molecule has 0 unspecified atom stereocenters. The van der Waals surface area contributed by atoms with Gasteiger partial charge in [0.05, 0.1) is 17.6 Å². The third kappa shape index (κ3) is 5.55. The van der Waals surface area contributed by atoms with Crippen molar-refractivity contribution in [3.63, 3.8) is 0 Å². The number of phenols is 1. The maximum Gasteiger partial charge on any atom is 0.328 e. The fourth-order valence-electron chi connectivity index (χ4n) is 8.32. The summed E-state index contributed by atoms with van der Waals surface area (Å²) < 4.78 is 4.79. The molecular formula is C32H41N3O8. The summed E-state index contributed by atoms with van der Waals surface area (Å²) in [5.74, 6) is -0.214. The Morgan fingerprint density at radius 2 is 1.93 bits per heavy atom. The van der Waals surface area contributed by atoms with Gasteiger partial charge >= 0.3 is 11.7 Å². The van der Waals surface area contributed by atoms with Crippen LogP contribution >= 0.6 is 0 Å². The summed E-state index contributed by atoms with van der Waals surface area (Å²) in [7, 11) is 1.18. The molecule has 7 atom stereocenters. The number of nitrogens with zero attached hydrogens (tertiary/aromatic N) is 2. The number of phenolic OH excluding ortho intramolecular Hbond substituents is 1. The molecule has 1 aromatic carbocycles. The van der Waals surface area contributed by atoms with Crippen LogP contribution in [0.15, 0.2) is 47.2 Å². The molecule has 0 spiro atoms. The van der Waals surface area contributed by atoms with Crippen LogP contribution in [0.25, 0.3) is 0 Å². The predicted molar refractivity (Wildman–Crippen MR) is 158 cm³/mol. The van der Waals surface area contributed by atoms with E-state index < -0.39 is 46.5 Å². The van der Waals surface area contributed by atoms with Crippen molar-refractivity contribution in [2.45, 2.75) is 77.4 Å². The van der Waals surface area contributed by atoms with E-state index in [9.17, 15) is 29.9 Å². The van der Waals surface area contributed by atoms with Gasteiger partial charge in [0.1, 0.15) is 11.8 Å². The maximum atomic E-state index is 12.6. The van der Waals surface area contributed by atoms with E-state index in [0.29, 0.717) is 29.0 Å². The highest BCUT2D eigenvalue weighted by atomic mass is 16.6. The Morgan fingerprint density at radius 1 is 1.19 bits per heavy atom. The first kappa shape index (κ1) is 30.7. The Morgan fingerprint density at radius 3 is 2.65 bits per heavy atom. The van der Waals surface area contributed by atoms with Crippen molar-refractivity contribution in [2.75, 3.05) is 13.7 Å². The molecule has 4 aliphatic carbocycles. The van der Waals surface area contributed by atoms with Crippen molar-refractivity contribution in [3.8, 4) is 5.75 Å². The number of aromatic hydroxyl groups is 1. The number of nitro groups is 1. The molecule has 11 heteroatoms. The molecule has 3 fully saturated rings. The van der Waals surface area contributed by atoms with Crippen LogP contribution in [0.4, 0.5) is 5.69 Å². The van der Waals surface area contributed by atoms with E-state index >= 15 is 0 Å². The summed E-state index contributed by atoms with van der Waals surface area (Å²) in [5.41, 5.74) is 1.08. The summed E-state index contributed by atoms with van der Waals surface area (Å²) in [4.78, 5) is 40.7. The third-order valence-corrected chi connectivity index (χ3v) is 11.0. The number of oxime groups is 1. The van der Waals surface area contributed by atoms with Crippen LogP contribution in [0.3, 0.4) is 0 Å². The van der Waals surface area contributed by atoms with Crippen LogP contribution in [0, 0.1) is 38.7 Å². The van der Waals surface area contributed by atoms with Crippen molar-refractivity contribution in [2.24, 2.45) is 33.7 Å². The first-order valence-corrected chi connectivity index (χ1v) is 14.9. The molecule has 1 aromatic rings. The number of nitrogens with one attached hydrogen (secondary N) is 1. The fourth-order valence-corrected chi connectivity index (χ4v) is 8.32. The first-order valence-electron chi connectivity index (χ1n) is 14.9. The number of nitro benzene ring substituents is 1. The highest BCUT2D eigenvalue weighted by molar-refractivity contribution is 6.05. The van der Waals surface area contributed by atoms with Gasteiger partial charge in [-0.3, -0.25) is 14.9 Å². The van der Waals surface area contributed by atoms with Crippen molar-refractivity contribution in [1.29, 1.82) is 0 Å². The molecule has 4 aliphatic rings. The quantitative estimate of drug-likeness (QED) is 0.227. The molecule has 5 rings (SSSR count). The van der Waals surface area contributed by atoms with Gasteiger partial charge < -0.3 is 25.1 Å². The van der Waals surface area contributed by atoms with Crippen LogP contribution in [0.2, 0.25) is 0 Å². The van der Waals surface area contributed by atoms with Crippen LogP contribution in [-0.2, 0) is 25.6 Å². The van der Waals surface area contributed by atoms with Crippen LogP contribution in [0.1, 0.15) is 64.9 Å². The molecule has 0 saturated heterocycles. The van der Waals surface area contributed by atoms with Gasteiger partial charge in [0.2, 0.25) is 0 Å². The zero-order chi connectivity index (χ0) is 31.2. The molecule has 232 valence electrons. The Labute approximate surface area is 251 Å². The highest BCUT2D eigenvalue weighted by Crippen LogP contribution is 2.66. The number of amides is 1. The Kier molecular flexibility index (Phi) is 8.15. The molecule has 11 nitrogen and oxygen atoms in total. The zero-order valence-electron chi connectivity index (χ0n) is 25.2. The molecule has 43 heavy (non-hydrogen) atoms. The van der Waals surface area contributed by atoms with E-state index in [-0.39, 0.29) is 17.3 Å². The Hall–Kier alpha value is -3.73. The Balaban J connectivity index is 1.20. The minimum Gasteiger partial charge on any atom is -0.502 e. The normalized spacial score (nSPS) is 34.3. The van der Waals surface area contributed by atoms with E-state index in [1.807, 2.05) is 13.0 Å². The number of hydrogen-bond acceptors (Lipinski definition) is 9. The lowest BCUT2D eigenvalue weighted by molar-refractivity contribution is -0.385. The van der Waals surface area contributed by atoms with Gasteiger partial charge in [-0.1, -0.05) is 36.7 Å². The number of methoxy groups -OCH3 is 1. The minimum absolute atomic E-state index is 0.0277. The second-order valence-corrected chi connectivity index (χ2v) is 13.2. The SMILES string of the molecule is COC(=O)[C@H](Cc1ccc(O)c([N+](=O)[O-])c1)NC(=O)CON=C1C=C[C@@]2(C)C(=C1)CC[C@@H]1[C@@H]2CC[C@@]2(C)[C@H]1CC[C@]2(C)O. The van der Waals surface area contributed by atoms with Crippen LogP contribution in [-0.4, -0.2) is 58.1 Å². The van der Waals surface area contributed by atoms with Gasteiger partial charge in [-0.25, -0.2) is 4.79 Å². The summed E-state index contributed by atoms with van der Waals surface area (Å²) >= 11 is 0. The lowest BCUT2D eigenvalue weighted by atomic mass is 9.47. The topological polar surface area (TPSA) is 161 Å². The number of rotatable bonds is 8. The molecular weight excluding hydrogens is 554 g/mol. The van der Waals surface area contributed by atoms with E-state index in [2.05, 4.69) is 36.5 Å². The molecule has 3 saturated carbocycles. The number of aliphatic hydroxyl groups is 1. The molecule has 0 aromatic heterocycles. The van der Waals surface area contributed by atoms with Gasteiger partial charge in [-0.15, -0.1) is 0 Å². The van der Waals surface area contributed by atoms with Crippen molar-refractivity contribution in [3.05, 3.63) is 57.7 Å². The van der Waals surface area contributed by atoms with Crippen LogP contribution < -0.4 is 5.32 Å². The Bertz CT molecular complexity index is 1400. The fraction of sp³-hybridized carbons (Fsp3) is 0.594. The van der Waals surface area contributed by atoms with Crippen molar-refractivity contribution in [1.82, 2.24) is 5.32 Å². The van der Waals surface area contributed by atoms with Gasteiger partial charge in [0.15, 0.2) is 12.4 Å². The summed E-state index contributed by atoms with van der Waals surface area (Å²) in [6.07, 6.45) is 12.2. The number of carbonyl (C=O) groups excluding carboxylic acids is 2. The number of allylic oxidation sites excluding steroid dienone is 4. The average Bonchev–Trinajstić information content (AvgIpc) is 3.21. The standard InChI is InChI=1S/C32H41N3O8/c1-30-12-9-21(17-20(30)6-7-22-23(30)10-13-31(2)24(22)11-14-32(31,3)39)34-43-18-28(37)33-25(29(38)42-4)15-19-5-8-27(36)26(16-19)35(40)41/h5,8-9,12,16-17,22-25,36,39H,6-7,10-11,13-15,18H2,1-4H3,(H,33,37)/t22-,23+,24+,25+,30+,31+,32+/m1/s1. The van der Waals surface area contributed by atoms with E-state index in [4.69, 9.17) is 9.57 Å². The monoisotopic (exact) mass is 595 g/mol. The molecule has 0 radical (unpaired) electrons. The predicted octanol–water partition coefficient (Wildman–Crippen LogP) is 4.36. The van der Waals surface area contributed by atoms with Gasteiger partial charge in [-0.05, 0) is 92.4 Å². The van der Waals surface area contributed by atoms with Crippen molar-refractivity contribution < 1.29 is 34.3 Å². The van der Waals surface area contributed by atoms with E-state index in [1.165, 1.54) is 18.7 Å². The number of ether oxygens (including phenoxy) is 1. The minimum atomic E-state index is -1.12. The van der Waals surface area contributed by atoms with Gasteiger partial charge in [-0.2, -0.15) is 0 Å². The number of esters is 1. The largest absolute Gasteiger partial charge is 0.502 e.